The number of aromatic nitrogens is 2. The fourth-order valence-corrected chi connectivity index (χ4v) is 5.42. The van der Waals surface area contributed by atoms with Gasteiger partial charge < -0.3 is 5.32 Å². The maximum Gasteiger partial charge on any atom is 0.272 e. The van der Waals surface area contributed by atoms with E-state index >= 15 is 0 Å². The van der Waals surface area contributed by atoms with E-state index in [4.69, 9.17) is 16.7 Å². The van der Waals surface area contributed by atoms with E-state index < -0.39 is 0 Å². The van der Waals surface area contributed by atoms with Crippen LogP contribution in [0.25, 0.3) is 5.69 Å². The molecule has 2 aromatic rings. The maximum absolute atomic E-state index is 13.1. The van der Waals surface area contributed by atoms with E-state index in [1.165, 1.54) is 43.4 Å². The minimum atomic E-state index is 0.00602. The van der Waals surface area contributed by atoms with Gasteiger partial charge in [0.25, 0.3) is 5.91 Å². The molecule has 2 atom stereocenters. The van der Waals surface area contributed by atoms with Gasteiger partial charge in [-0.25, -0.2) is 4.68 Å². The molecule has 0 saturated heterocycles. The molecule has 5 rings (SSSR count). The lowest BCUT2D eigenvalue weighted by atomic mass is 9.93. The number of hydrogen-bond donors (Lipinski definition) is 1. The van der Waals surface area contributed by atoms with Crippen LogP contribution in [0.1, 0.15) is 84.9 Å². The Morgan fingerprint density at radius 2 is 1.85 bits per heavy atom. The van der Waals surface area contributed by atoms with Crippen molar-refractivity contribution < 1.29 is 4.79 Å². The Morgan fingerprint density at radius 3 is 2.65 bits per heavy atom. The van der Waals surface area contributed by atoms with Crippen LogP contribution >= 0.6 is 11.6 Å². The number of rotatable bonds is 3. The standard InChI is InChI=1S/C21H24ClN3O/c22-16-8-4-5-9-17(16)25-20-14-11-10-13(12-14)18(20)19(24-25)21(26)23-15-6-2-1-3-7-15/h4-5,8-9,13-15H,1-3,6-7,10-12H2,(H,23,26)/t13-,14-/m0/s1. The Kier molecular flexibility index (Phi) is 4.04. The van der Waals surface area contributed by atoms with Gasteiger partial charge in [0.15, 0.2) is 5.69 Å². The number of carbonyl (C=O) groups excluding carboxylic acids is 1. The molecule has 1 aromatic carbocycles. The number of carbonyl (C=O) groups is 1. The number of halogens is 1. The zero-order valence-corrected chi connectivity index (χ0v) is 15.6. The van der Waals surface area contributed by atoms with Gasteiger partial charge >= 0.3 is 0 Å². The molecular formula is C21H24ClN3O. The molecule has 0 radical (unpaired) electrons. The van der Waals surface area contributed by atoms with Gasteiger partial charge in [-0.2, -0.15) is 5.10 Å². The van der Waals surface area contributed by atoms with Crippen LogP contribution < -0.4 is 5.32 Å². The fraction of sp³-hybridized carbons (Fsp3) is 0.524. The number of amides is 1. The van der Waals surface area contributed by atoms with E-state index in [1.54, 1.807) is 0 Å². The van der Waals surface area contributed by atoms with Crippen LogP contribution in [0.3, 0.4) is 0 Å². The molecule has 0 spiro atoms. The lowest BCUT2D eigenvalue weighted by molar-refractivity contribution is 0.0921. The van der Waals surface area contributed by atoms with Crippen molar-refractivity contribution in [2.24, 2.45) is 0 Å². The van der Waals surface area contributed by atoms with Gasteiger partial charge in [-0.1, -0.05) is 43.0 Å². The normalized spacial score (nSPS) is 24.7. The van der Waals surface area contributed by atoms with Crippen molar-refractivity contribution >= 4 is 17.5 Å². The van der Waals surface area contributed by atoms with Crippen LogP contribution in [-0.2, 0) is 0 Å². The highest BCUT2D eigenvalue weighted by atomic mass is 35.5. The predicted molar refractivity (Wildman–Crippen MR) is 102 cm³/mol. The molecule has 2 bridgehead atoms. The SMILES string of the molecule is O=C(NC1CCCCC1)c1nn(-c2ccccc2Cl)c2c1[C@H]1CC[C@H]2C1. The highest BCUT2D eigenvalue weighted by Crippen LogP contribution is 2.54. The van der Waals surface area contributed by atoms with Crippen molar-refractivity contribution in [3.63, 3.8) is 0 Å². The first-order valence-electron chi connectivity index (χ1n) is 9.91. The number of para-hydroxylation sites is 1. The molecule has 2 saturated carbocycles. The average Bonchev–Trinajstić information content (AvgIpc) is 3.36. The third-order valence-corrected chi connectivity index (χ3v) is 6.74. The van der Waals surface area contributed by atoms with Crippen LogP contribution in [0.4, 0.5) is 0 Å². The average molecular weight is 370 g/mol. The third kappa shape index (κ3) is 2.58. The smallest absolute Gasteiger partial charge is 0.272 e. The molecule has 26 heavy (non-hydrogen) atoms. The number of fused-ring (bicyclic) bond motifs is 5. The quantitative estimate of drug-likeness (QED) is 0.831. The largest absolute Gasteiger partial charge is 0.348 e. The predicted octanol–water partition coefficient (Wildman–Crippen LogP) is 4.95. The molecular weight excluding hydrogens is 346 g/mol. The highest BCUT2D eigenvalue weighted by Gasteiger charge is 2.44. The summed E-state index contributed by atoms with van der Waals surface area (Å²) in [5.41, 5.74) is 3.94. The van der Waals surface area contributed by atoms with E-state index in [-0.39, 0.29) is 5.91 Å². The van der Waals surface area contributed by atoms with Gasteiger partial charge in [-0.3, -0.25) is 4.79 Å². The summed E-state index contributed by atoms with van der Waals surface area (Å²) in [4.78, 5) is 13.1. The molecule has 0 aliphatic heterocycles. The lowest BCUT2D eigenvalue weighted by Gasteiger charge is -2.22. The van der Waals surface area contributed by atoms with Gasteiger partial charge in [0, 0.05) is 17.5 Å². The number of hydrogen-bond acceptors (Lipinski definition) is 2. The molecule has 2 fully saturated rings. The van der Waals surface area contributed by atoms with Crippen molar-refractivity contribution in [1.82, 2.24) is 15.1 Å². The van der Waals surface area contributed by atoms with E-state index in [0.29, 0.717) is 28.6 Å². The summed E-state index contributed by atoms with van der Waals surface area (Å²) < 4.78 is 1.96. The van der Waals surface area contributed by atoms with Crippen molar-refractivity contribution in [3.8, 4) is 5.69 Å². The monoisotopic (exact) mass is 369 g/mol. The molecule has 0 unspecified atom stereocenters. The lowest BCUT2D eigenvalue weighted by Crippen LogP contribution is -2.36. The fourth-order valence-electron chi connectivity index (χ4n) is 5.21. The van der Waals surface area contributed by atoms with Gasteiger partial charge in [0.2, 0.25) is 0 Å². The Balaban J connectivity index is 1.54. The first kappa shape index (κ1) is 16.4. The van der Waals surface area contributed by atoms with Gasteiger partial charge in [0.05, 0.1) is 16.4 Å². The van der Waals surface area contributed by atoms with Gasteiger partial charge in [-0.05, 0) is 50.2 Å². The second kappa shape index (κ2) is 6.41. The molecule has 5 heteroatoms. The van der Waals surface area contributed by atoms with Crippen LogP contribution in [-0.4, -0.2) is 21.7 Å². The number of nitrogens with zero attached hydrogens (tertiary/aromatic N) is 2. The van der Waals surface area contributed by atoms with Crippen LogP contribution in [0.2, 0.25) is 5.02 Å². The summed E-state index contributed by atoms with van der Waals surface area (Å²) in [7, 11) is 0. The van der Waals surface area contributed by atoms with E-state index in [1.807, 2.05) is 28.9 Å². The van der Waals surface area contributed by atoms with Gasteiger partial charge in [0.1, 0.15) is 0 Å². The zero-order valence-electron chi connectivity index (χ0n) is 14.9. The van der Waals surface area contributed by atoms with Gasteiger partial charge in [-0.15, -0.1) is 0 Å². The van der Waals surface area contributed by atoms with Crippen LogP contribution in [0, 0.1) is 0 Å². The van der Waals surface area contributed by atoms with Crippen molar-refractivity contribution in [3.05, 3.63) is 46.2 Å². The molecule has 1 N–H and O–H groups in total. The topological polar surface area (TPSA) is 46.9 Å². The summed E-state index contributed by atoms with van der Waals surface area (Å²) in [5, 5.41) is 8.73. The Labute approximate surface area is 158 Å². The maximum atomic E-state index is 13.1. The second-order valence-electron chi connectivity index (χ2n) is 8.03. The zero-order chi connectivity index (χ0) is 17.7. The number of nitrogens with one attached hydrogen (secondary N) is 1. The second-order valence-corrected chi connectivity index (χ2v) is 8.43. The Morgan fingerprint density at radius 1 is 1.08 bits per heavy atom. The summed E-state index contributed by atoms with van der Waals surface area (Å²) in [5.74, 6) is 1.000. The Hall–Kier alpha value is -1.81. The molecule has 1 aromatic heterocycles. The van der Waals surface area contributed by atoms with E-state index in [0.717, 1.165) is 24.9 Å². The molecule has 3 aliphatic rings. The highest BCUT2D eigenvalue weighted by molar-refractivity contribution is 6.32. The minimum Gasteiger partial charge on any atom is -0.348 e. The van der Waals surface area contributed by atoms with E-state index in [2.05, 4.69) is 5.32 Å². The van der Waals surface area contributed by atoms with Crippen molar-refractivity contribution in [2.75, 3.05) is 0 Å². The first-order valence-corrected chi connectivity index (χ1v) is 10.3. The van der Waals surface area contributed by atoms with Crippen LogP contribution in [0.15, 0.2) is 24.3 Å². The Bertz CT molecular complexity index is 853. The first-order chi connectivity index (χ1) is 12.7. The van der Waals surface area contributed by atoms with Crippen molar-refractivity contribution in [1.29, 1.82) is 0 Å². The molecule has 1 amide bonds. The summed E-state index contributed by atoms with van der Waals surface area (Å²) in [6, 6.07) is 8.09. The molecule has 1 heterocycles. The van der Waals surface area contributed by atoms with Crippen LogP contribution in [0.5, 0.6) is 0 Å². The number of benzene rings is 1. The molecule has 3 aliphatic carbocycles. The van der Waals surface area contributed by atoms with Crippen molar-refractivity contribution in [2.45, 2.75) is 69.2 Å². The third-order valence-electron chi connectivity index (χ3n) is 6.42. The summed E-state index contributed by atoms with van der Waals surface area (Å²) >= 11 is 6.45. The summed E-state index contributed by atoms with van der Waals surface area (Å²) in [6.45, 7) is 0. The molecule has 136 valence electrons. The minimum absolute atomic E-state index is 0.00602. The molecule has 4 nitrogen and oxygen atoms in total. The summed E-state index contributed by atoms with van der Waals surface area (Å²) in [6.07, 6.45) is 9.40. The van der Waals surface area contributed by atoms with E-state index in [9.17, 15) is 4.79 Å².